The summed E-state index contributed by atoms with van der Waals surface area (Å²) in [6.45, 7) is 13.9. The Morgan fingerprint density at radius 1 is 0.585 bits per heavy atom. The summed E-state index contributed by atoms with van der Waals surface area (Å²) in [7, 11) is 0. The van der Waals surface area contributed by atoms with Gasteiger partial charge >= 0.3 is 23.9 Å². The maximum absolute atomic E-state index is 16.0. The van der Waals surface area contributed by atoms with E-state index in [4.69, 9.17) is 18.9 Å². The van der Waals surface area contributed by atoms with Crippen LogP contribution in [0, 0.1) is 79.3 Å². The zero-order chi connectivity index (χ0) is 48.3. The van der Waals surface area contributed by atoms with Gasteiger partial charge < -0.3 is 44.5 Å². The number of carbonyl (C=O) groups is 8. The molecule has 4 bridgehead atoms. The first-order valence-corrected chi connectivity index (χ1v) is 23.2. The van der Waals surface area contributed by atoms with Crippen molar-refractivity contribution in [1.82, 2.24) is 0 Å². The average molecular weight is 915 g/mol. The number of hydrogen-bond donors (Lipinski definition) is 5. The summed E-state index contributed by atoms with van der Waals surface area (Å²) < 4.78 is 23.9. The van der Waals surface area contributed by atoms with E-state index in [2.05, 4.69) is 0 Å². The van der Waals surface area contributed by atoms with Gasteiger partial charge in [-0.2, -0.15) is 0 Å². The summed E-state index contributed by atoms with van der Waals surface area (Å²) >= 11 is 0. The van der Waals surface area contributed by atoms with Crippen molar-refractivity contribution in [1.29, 1.82) is 0 Å². The molecule has 0 aliphatic heterocycles. The predicted molar refractivity (Wildman–Crippen MR) is 221 cm³/mol. The molecule has 360 valence electrons. The molecule has 8 saturated carbocycles. The molecule has 0 amide bonds. The van der Waals surface area contributed by atoms with Gasteiger partial charge in [-0.15, -0.1) is 0 Å². The number of carbonyl (C=O) groups excluding carboxylic acids is 8. The molecule has 0 aromatic heterocycles. The molecule has 17 nitrogen and oxygen atoms in total. The van der Waals surface area contributed by atoms with Crippen LogP contribution in [0.3, 0.4) is 0 Å². The summed E-state index contributed by atoms with van der Waals surface area (Å²) in [5.41, 5.74) is -11.3. The largest absolute Gasteiger partial charge is 0.462 e. The summed E-state index contributed by atoms with van der Waals surface area (Å²) in [6, 6.07) is 0. The van der Waals surface area contributed by atoms with Crippen LogP contribution in [0.2, 0.25) is 0 Å². The molecule has 8 rings (SSSR count). The fraction of sp³-hybridized carbons (Fsp3) is 0.833. The first-order chi connectivity index (χ1) is 30.0. The van der Waals surface area contributed by atoms with Crippen molar-refractivity contribution < 1.29 is 82.8 Å². The van der Waals surface area contributed by atoms with Crippen molar-refractivity contribution in [2.75, 3.05) is 6.61 Å². The van der Waals surface area contributed by atoms with Crippen molar-refractivity contribution in [3.8, 4) is 0 Å². The van der Waals surface area contributed by atoms with Crippen LogP contribution in [0.15, 0.2) is 0 Å². The molecule has 5 N–H and O–H groups in total. The van der Waals surface area contributed by atoms with E-state index in [0.717, 1.165) is 0 Å². The number of aliphatic hydroxyl groups is 5. The number of Topliss-reactive ketones (excluding diaryl/α,β-unsaturated/α-hetero) is 4. The second-order valence-corrected chi connectivity index (χ2v) is 23.0. The van der Waals surface area contributed by atoms with Crippen LogP contribution in [0.1, 0.15) is 114 Å². The second kappa shape index (κ2) is 14.9. The zero-order valence-electron chi connectivity index (χ0n) is 39.0. The summed E-state index contributed by atoms with van der Waals surface area (Å²) in [4.78, 5) is 113. The fourth-order valence-corrected chi connectivity index (χ4v) is 17.3. The van der Waals surface area contributed by atoms with Crippen LogP contribution in [-0.2, 0) is 57.3 Å². The summed E-state index contributed by atoms with van der Waals surface area (Å²) in [5, 5.41) is 59.6. The van der Waals surface area contributed by atoms with E-state index in [0.29, 0.717) is 0 Å². The number of aliphatic hydroxyl groups excluding tert-OH is 5. The highest BCUT2D eigenvalue weighted by molar-refractivity contribution is 6.04. The Balaban J connectivity index is 1.27. The van der Waals surface area contributed by atoms with Crippen LogP contribution in [0.5, 0.6) is 0 Å². The normalized spacial score (nSPS) is 50.0. The van der Waals surface area contributed by atoms with E-state index in [1.807, 2.05) is 0 Å². The predicted octanol–water partition coefficient (Wildman–Crippen LogP) is 1.60. The van der Waals surface area contributed by atoms with Crippen LogP contribution >= 0.6 is 0 Å². The number of hydrogen-bond acceptors (Lipinski definition) is 17. The molecule has 0 unspecified atom stereocenters. The quantitative estimate of drug-likeness (QED) is 0.179. The Bertz CT molecular complexity index is 2130. The van der Waals surface area contributed by atoms with Crippen molar-refractivity contribution in [3.05, 3.63) is 0 Å². The first-order valence-electron chi connectivity index (χ1n) is 23.2. The smallest absolute Gasteiger partial charge is 0.302 e. The van der Waals surface area contributed by atoms with Crippen molar-refractivity contribution in [2.24, 2.45) is 79.3 Å². The third-order valence-electron chi connectivity index (χ3n) is 19.4. The van der Waals surface area contributed by atoms with E-state index in [1.54, 1.807) is 41.5 Å². The lowest BCUT2D eigenvalue weighted by Crippen LogP contribution is -2.75. The Morgan fingerprint density at radius 2 is 1.00 bits per heavy atom. The van der Waals surface area contributed by atoms with Gasteiger partial charge in [0, 0.05) is 91.8 Å². The van der Waals surface area contributed by atoms with E-state index in [-0.39, 0.29) is 44.9 Å². The van der Waals surface area contributed by atoms with Crippen molar-refractivity contribution in [2.45, 2.75) is 163 Å². The number of ketones is 4. The molecule has 17 heteroatoms. The minimum absolute atomic E-state index is 0.0218. The molecule has 0 saturated heterocycles. The maximum Gasteiger partial charge on any atom is 0.302 e. The molecule has 8 fully saturated rings. The van der Waals surface area contributed by atoms with E-state index in [9.17, 15) is 54.3 Å². The molecule has 0 radical (unpaired) electrons. The third kappa shape index (κ3) is 5.92. The van der Waals surface area contributed by atoms with Gasteiger partial charge in [-0.1, -0.05) is 41.5 Å². The van der Waals surface area contributed by atoms with Gasteiger partial charge in [0.1, 0.15) is 42.4 Å². The number of fused-ring (bicyclic) bond motifs is 6. The summed E-state index contributed by atoms with van der Waals surface area (Å²) in [5.74, 6) is -13.2. The highest BCUT2D eigenvalue weighted by atomic mass is 16.6. The van der Waals surface area contributed by atoms with Gasteiger partial charge in [0.25, 0.3) is 0 Å². The monoisotopic (exact) mass is 914 g/mol. The Kier molecular flexibility index (Phi) is 11.0. The first kappa shape index (κ1) is 47.8. The maximum atomic E-state index is 16.0. The molecular weight excluding hydrogens is 849 g/mol. The molecule has 0 aromatic carbocycles. The number of ether oxygens (including phenoxy) is 4. The van der Waals surface area contributed by atoms with Gasteiger partial charge in [0.2, 0.25) is 0 Å². The van der Waals surface area contributed by atoms with Crippen LogP contribution in [0.4, 0.5) is 0 Å². The van der Waals surface area contributed by atoms with Crippen LogP contribution < -0.4 is 0 Å². The lowest BCUT2D eigenvalue weighted by Gasteiger charge is -2.66. The lowest BCUT2D eigenvalue weighted by molar-refractivity contribution is -0.261. The molecule has 20 atom stereocenters. The molecule has 8 aliphatic rings. The van der Waals surface area contributed by atoms with Crippen LogP contribution in [-0.4, -0.2) is 128 Å². The SMILES string of the molecule is CC(=O)O[C@H]1C[C@@H]2C[C@@]3(C(=O)[C@H]2C[C@]2(CO)C(=O)[C@]45C[C@H]2C[C@H](OC(C)=O)[C@H]4[C@]2(C)[C@@H](OC(C)=O)C[C@H](O)C(C)(C)[C@H]2C(=O)[C@@H]5O)[C@@H]1[C@]1(C)[C@@H](OC(C)=O)C[C@H](O)C(C)(C)[C@H]1C(=O)[C@@H]3O. The van der Waals surface area contributed by atoms with Gasteiger partial charge in [0.05, 0.1) is 35.1 Å². The Hall–Kier alpha value is -3.64. The van der Waals surface area contributed by atoms with Gasteiger partial charge in [0.15, 0.2) is 17.3 Å². The molecular formula is C48H66O17. The molecule has 0 aromatic rings. The third-order valence-corrected chi connectivity index (χ3v) is 19.4. The lowest BCUT2D eigenvalue weighted by atomic mass is 9.38. The van der Waals surface area contributed by atoms with Gasteiger partial charge in [-0.05, 0) is 43.9 Å². The number of esters is 4. The molecule has 0 heterocycles. The van der Waals surface area contributed by atoms with Crippen molar-refractivity contribution in [3.63, 3.8) is 0 Å². The molecule has 8 aliphatic carbocycles. The zero-order valence-corrected chi connectivity index (χ0v) is 39.0. The van der Waals surface area contributed by atoms with Crippen LogP contribution in [0.25, 0.3) is 0 Å². The number of rotatable bonds is 7. The summed E-state index contributed by atoms with van der Waals surface area (Å²) in [6.07, 6.45) is -11.9. The second-order valence-electron chi connectivity index (χ2n) is 23.0. The minimum Gasteiger partial charge on any atom is -0.462 e. The topological polar surface area (TPSA) is 275 Å². The Labute approximate surface area is 378 Å². The fourth-order valence-electron chi connectivity index (χ4n) is 17.3. The van der Waals surface area contributed by atoms with Gasteiger partial charge in [-0.3, -0.25) is 38.4 Å². The molecule has 65 heavy (non-hydrogen) atoms. The van der Waals surface area contributed by atoms with E-state index < -0.39 is 182 Å². The van der Waals surface area contributed by atoms with Gasteiger partial charge in [-0.25, -0.2) is 0 Å². The van der Waals surface area contributed by atoms with Crippen molar-refractivity contribution >= 4 is 47.0 Å². The molecule has 2 spiro atoms. The highest BCUT2D eigenvalue weighted by Crippen LogP contribution is 2.76. The minimum atomic E-state index is -2.03. The standard InChI is InChI=1S/C48H66O17/c1-19(50)62-26-11-23-15-47(34(26)44(9)30(64-21(3)52)13-28(54)42(5,6)36(44)32(56)39(47)59)38(58)25(23)17-46(18-49)24-12-27(63-20(2)51)35-45(10)31(65-22(4)53)14-29(55)43(7,8)37(45)33(57)40(60)48(35,16-24)41(46)61/h23-31,34-37,39-40,49,54-55,59-60H,11-18H2,1-10H3/t23-,24-,25+,26+,27+,28+,29+,30+,31+,34+,35+,36-,37-,39+,40+,44+,45+,46-,47+,48-/m1/s1. The Morgan fingerprint density at radius 3 is 1.43 bits per heavy atom. The highest BCUT2D eigenvalue weighted by Gasteiger charge is 2.84. The van der Waals surface area contributed by atoms with E-state index >= 15 is 9.59 Å². The van der Waals surface area contributed by atoms with E-state index in [1.165, 1.54) is 27.7 Å². The average Bonchev–Trinajstić information content (AvgIpc) is 3.50.